The summed E-state index contributed by atoms with van der Waals surface area (Å²) in [6, 6.07) is 0.441. The Kier molecular flexibility index (Phi) is 2.73. The lowest BCUT2D eigenvalue weighted by Gasteiger charge is -2.19. The van der Waals surface area contributed by atoms with Crippen molar-refractivity contribution in [3.05, 3.63) is 0 Å². The van der Waals surface area contributed by atoms with Crippen LogP contribution in [0.15, 0.2) is 4.99 Å². The van der Waals surface area contributed by atoms with Crippen molar-refractivity contribution in [2.24, 2.45) is 4.99 Å². The molecule has 1 aliphatic heterocycles. The third-order valence-electron chi connectivity index (χ3n) is 2.03. The maximum atomic E-state index is 9.61. The van der Waals surface area contributed by atoms with Crippen molar-refractivity contribution in [3.63, 3.8) is 0 Å². The lowest BCUT2D eigenvalue weighted by molar-refractivity contribution is 0.150. The highest BCUT2D eigenvalue weighted by Gasteiger charge is 2.27. The quantitative estimate of drug-likeness (QED) is 0.661. The smallest absolute Gasteiger partial charge is 0.128 e. The Morgan fingerprint density at radius 1 is 1.67 bits per heavy atom. The van der Waals surface area contributed by atoms with E-state index in [0.29, 0.717) is 6.04 Å². The van der Waals surface area contributed by atoms with Crippen LogP contribution in [0.1, 0.15) is 33.6 Å². The van der Waals surface area contributed by atoms with Gasteiger partial charge < -0.3 is 10.4 Å². The second-order valence-corrected chi connectivity index (χ2v) is 3.88. The van der Waals surface area contributed by atoms with E-state index in [4.69, 9.17) is 0 Å². The van der Waals surface area contributed by atoms with E-state index in [1.165, 1.54) is 0 Å². The van der Waals surface area contributed by atoms with Gasteiger partial charge in [-0.25, -0.2) is 0 Å². The summed E-state index contributed by atoms with van der Waals surface area (Å²) in [6.07, 6.45) is 2.29. The van der Waals surface area contributed by atoms with E-state index in [0.717, 1.165) is 25.2 Å². The number of hydrogen-bond donors (Lipinski definition) is 2. The maximum absolute atomic E-state index is 9.61. The number of aliphatic imine (C=N–C) groups is 1. The zero-order chi connectivity index (χ0) is 9.19. The molecular formula is C9H18N2O. The van der Waals surface area contributed by atoms with Gasteiger partial charge in [0, 0.05) is 6.04 Å². The minimum atomic E-state index is -0.803. The second kappa shape index (κ2) is 3.44. The molecule has 1 rings (SSSR count). The molecule has 0 fully saturated rings. The molecule has 0 aromatic rings. The molecule has 0 bridgehead atoms. The van der Waals surface area contributed by atoms with Gasteiger partial charge >= 0.3 is 0 Å². The van der Waals surface area contributed by atoms with Crippen LogP contribution in [-0.2, 0) is 0 Å². The molecule has 1 aliphatic rings. The van der Waals surface area contributed by atoms with Gasteiger partial charge in [-0.15, -0.1) is 0 Å². The monoisotopic (exact) mass is 170 g/mol. The standard InChI is InChI=1S/C9H18N2O/c1-4-5-7-6-10-8(11-7)9(2,3)12/h7,12H,4-6H2,1-3H3,(H,10,11)/t7-/m0/s1. The number of rotatable bonds is 3. The Hall–Kier alpha value is -0.570. The van der Waals surface area contributed by atoms with Gasteiger partial charge in [0.1, 0.15) is 11.4 Å². The highest BCUT2D eigenvalue weighted by Crippen LogP contribution is 2.11. The van der Waals surface area contributed by atoms with Gasteiger partial charge in [0.15, 0.2) is 0 Å². The number of amidine groups is 1. The Labute approximate surface area is 73.9 Å². The summed E-state index contributed by atoms with van der Waals surface area (Å²) in [7, 11) is 0. The minimum Gasteiger partial charge on any atom is -0.383 e. The van der Waals surface area contributed by atoms with Crippen LogP contribution < -0.4 is 5.32 Å². The fourth-order valence-electron chi connectivity index (χ4n) is 1.37. The third kappa shape index (κ3) is 2.21. The number of nitrogens with zero attached hydrogens (tertiary/aromatic N) is 1. The molecule has 0 amide bonds. The van der Waals surface area contributed by atoms with Crippen LogP contribution in [0.2, 0.25) is 0 Å². The molecule has 0 aromatic heterocycles. The van der Waals surface area contributed by atoms with E-state index < -0.39 is 5.60 Å². The summed E-state index contributed by atoms with van der Waals surface area (Å²) in [5, 5.41) is 12.8. The fraction of sp³-hybridized carbons (Fsp3) is 0.889. The van der Waals surface area contributed by atoms with Crippen molar-refractivity contribution < 1.29 is 5.11 Å². The minimum absolute atomic E-state index is 0.441. The highest BCUT2D eigenvalue weighted by molar-refractivity contribution is 5.91. The zero-order valence-electron chi connectivity index (χ0n) is 8.09. The number of nitrogens with one attached hydrogen (secondary N) is 1. The summed E-state index contributed by atoms with van der Waals surface area (Å²) in [4.78, 5) is 4.26. The lowest BCUT2D eigenvalue weighted by atomic mass is 10.1. The van der Waals surface area contributed by atoms with E-state index in [-0.39, 0.29) is 0 Å². The molecule has 3 heteroatoms. The van der Waals surface area contributed by atoms with E-state index in [2.05, 4.69) is 17.2 Å². The Morgan fingerprint density at radius 3 is 2.75 bits per heavy atom. The molecule has 0 unspecified atom stereocenters. The zero-order valence-corrected chi connectivity index (χ0v) is 8.09. The predicted octanol–water partition coefficient (Wildman–Crippen LogP) is 0.928. The molecule has 0 radical (unpaired) electrons. The number of aliphatic hydroxyl groups is 1. The van der Waals surface area contributed by atoms with Gasteiger partial charge in [-0.05, 0) is 20.3 Å². The highest BCUT2D eigenvalue weighted by atomic mass is 16.3. The Balaban J connectivity index is 2.43. The van der Waals surface area contributed by atoms with Crippen molar-refractivity contribution in [1.29, 1.82) is 0 Å². The van der Waals surface area contributed by atoms with Gasteiger partial charge in [0.2, 0.25) is 0 Å². The van der Waals surface area contributed by atoms with Crippen molar-refractivity contribution >= 4 is 5.84 Å². The fourth-order valence-corrected chi connectivity index (χ4v) is 1.37. The maximum Gasteiger partial charge on any atom is 0.128 e. The summed E-state index contributed by atoms with van der Waals surface area (Å²) in [5.41, 5.74) is -0.803. The molecule has 0 aromatic carbocycles. The molecule has 1 heterocycles. The van der Waals surface area contributed by atoms with Crippen LogP contribution in [0.4, 0.5) is 0 Å². The number of hydrogen-bond acceptors (Lipinski definition) is 3. The van der Waals surface area contributed by atoms with Crippen LogP contribution in [0, 0.1) is 0 Å². The summed E-state index contributed by atoms with van der Waals surface area (Å²) >= 11 is 0. The Bertz CT molecular complexity index is 181. The van der Waals surface area contributed by atoms with Gasteiger partial charge in [0.05, 0.1) is 6.54 Å². The van der Waals surface area contributed by atoms with Crippen LogP contribution in [0.3, 0.4) is 0 Å². The first-order valence-corrected chi connectivity index (χ1v) is 4.58. The first-order valence-electron chi connectivity index (χ1n) is 4.58. The van der Waals surface area contributed by atoms with Gasteiger partial charge in [-0.1, -0.05) is 13.3 Å². The largest absolute Gasteiger partial charge is 0.383 e. The SMILES string of the molecule is CCC[C@H]1CN=C(C(C)(C)O)N1. The van der Waals surface area contributed by atoms with Gasteiger partial charge in [0.25, 0.3) is 0 Å². The van der Waals surface area contributed by atoms with Crippen molar-refractivity contribution in [2.45, 2.75) is 45.3 Å². The van der Waals surface area contributed by atoms with Crippen LogP contribution in [-0.4, -0.2) is 29.1 Å². The second-order valence-electron chi connectivity index (χ2n) is 3.88. The van der Waals surface area contributed by atoms with Crippen LogP contribution in [0.5, 0.6) is 0 Å². The molecular weight excluding hydrogens is 152 g/mol. The van der Waals surface area contributed by atoms with Crippen molar-refractivity contribution in [3.8, 4) is 0 Å². The molecule has 1 atom stereocenters. The molecule has 12 heavy (non-hydrogen) atoms. The predicted molar refractivity (Wildman–Crippen MR) is 50.4 cm³/mol. The van der Waals surface area contributed by atoms with E-state index in [1.807, 2.05) is 0 Å². The third-order valence-corrected chi connectivity index (χ3v) is 2.03. The van der Waals surface area contributed by atoms with Crippen LogP contribution in [0.25, 0.3) is 0 Å². The van der Waals surface area contributed by atoms with Gasteiger partial charge in [-0.3, -0.25) is 4.99 Å². The molecule has 3 nitrogen and oxygen atoms in total. The Morgan fingerprint density at radius 2 is 2.33 bits per heavy atom. The van der Waals surface area contributed by atoms with E-state index in [9.17, 15) is 5.11 Å². The van der Waals surface area contributed by atoms with Crippen molar-refractivity contribution in [1.82, 2.24) is 5.32 Å². The van der Waals surface area contributed by atoms with Gasteiger partial charge in [-0.2, -0.15) is 0 Å². The first-order chi connectivity index (χ1) is 5.54. The average Bonchev–Trinajstić information content (AvgIpc) is 2.35. The summed E-state index contributed by atoms with van der Waals surface area (Å²) in [6.45, 7) is 6.48. The average molecular weight is 170 g/mol. The van der Waals surface area contributed by atoms with Crippen molar-refractivity contribution in [2.75, 3.05) is 6.54 Å². The first kappa shape index (κ1) is 9.52. The summed E-state index contributed by atoms with van der Waals surface area (Å²) < 4.78 is 0. The molecule has 0 aliphatic carbocycles. The topological polar surface area (TPSA) is 44.6 Å². The molecule has 70 valence electrons. The lowest BCUT2D eigenvalue weighted by Crippen LogP contribution is -2.42. The molecule has 0 spiro atoms. The summed E-state index contributed by atoms with van der Waals surface area (Å²) in [5.74, 6) is 0.737. The van der Waals surface area contributed by atoms with Crippen LogP contribution >= 0.6 is 0 Å². The molecule has 2 N–H and O–H groups in total. The molecule has 0 saturated heterocycles. The van der Waals surface area contributed by atoms with E-state index in [1.54, 1.807) is 13.8 Å². The van der Waals surface area contributed by atoms with E-state index >= 15 is 0 Å². The normalized spacial score (nSPS) is 23.7. The molecule has 0 saturated carbocycles.